The summed E-state index contributed by atoms with van der Waals surface area (Å²) in [6.45, 7) is 2.89. The third-order valence-electron chi connectivity index (χ3n) is 2.78. The van der Waals surface area contributed by atoms with E-state index in [1.807, 2.05) is 0 Å². The maximum absolute atomic E-state index is 12.8. The topological polar surface area (TPSA) is 63.7 Å². The minimum atomic E-state index is -4.65. The second-order valence-corrected chi connectivity index (χ2v) is 6.28. The van der Waals surface area contributed by atoms with Crippen LogP contribution >= 0.6 is 0 Å². The van der Waals surface area contributed by atoms with Crippen LogP contribution in [0.25, 0.3) is 0 Å². The molecule has 0 heterocycles. The molecule has 0 aliphatic heterocycles. The number of esters is 1. The lowest BCUT2D eigenvalue weighted by Crippen LogP contribution is -2.31. The first-order chi connectivity index (χ1) is 10.0. The van der Waals surface area contributed by atoms with E-state index in [1.54, 1.807) is 0 Å². The zero-order valence-electron chi connectivity index (χ0n) is 12.3. The summed E-state index contributed by atoms with van der Waals surface area (Å²) in [5, 5.41) is 0. The summed E-state index contributed by atoms with van der Waals surface area (Å²) in [4.78, 5) is 11.8. The molecule has 0 saturated carbocycles. The molecule has 1 aromatic carbocycles. The fraction of sp³-hybridized carbons (Fsp3) is 0.462. The van der Waals surface area contributed by atoms with Crippen LogP contribution in [0.2, 0.25) is 0 Å². The van der Waals surface area contributed by atoms with Gasteiger partial charge in [0, 0.05) is 6.54 Å². The van der Waals surface area contributed by atoms with Crippen molar-refractivity contribution in [3.05, 3.63) is 29.3 Å². The van der Waals surface area contributed by atoms with Crippen molar-refractivity contribution in [2.24, 2.45) is 0 Å². The number of rotatable bonds is 5. The minimum Gasteiger partial charge on any atom is -0.462 e. The van der Waals surface area contributed by atoms with E-state index in [0.29, 0.717) is 12.1 Å². The molecule has 0 fully saturated rings. The second kappa shape index (κ2) is 6.55. The molecule has 0 aliphatic carbocycles. The predicted octanol–water partition coefficient (Wildman–Crippen LogP) is 2.67. The Morgan fingerprint density at radius 3 is 2.27 bits per heavy atom. The zero-order chi connectivity index (χ0) is 17.1. The smallest absolute Gasteiger partial charge is 0.416 e. The van der Waals surface area contributed by atoms with Crippen molar-refractivity contribution < 1.29 is 31.1 Å². The van der Waals surface area contributed by atoms with Crippen LogP contribution in [-0.2, 0) is 20.9 Å². The van der Waals surface area contributed by atoms with Crippen LogP contribution in [0.4, 0.5) is 18.9 Å². The van der Waals surface area contributed by atoms with Crippen molar-refractivity contribution in [1.29, 1.82) is 0 Å². The van der Waals surface area contributed by atoms with E-state index in [1.165, 1.54) is 13.8 Å². The van der Waals surface area contributed by atoms with Crippen LogP contribution in [0.1, 0.15) is 29.8 Å². The molecule has 9 heteroatoms. The minimum absolute atomic E-state index is 0.0182. The van der Waals surface area contributed by atoms with E-state index < -0.39 is 27.7 Å². The number of nitrogens with zero attached hydrogens (tertiary/aromatic N) is 1. The number of carbonyl (C=O) groups excluding carboxylic acids is 1. The second-order valence-electron chi connectivity index (χ2n) is 4.38. The Hall–Kier alpha value is -1.77. The summed E-state index contributed by atoms with van der Waals surface area (Å²) >= 11 is 0. The van der Waals surface area contributed by atoms with Gasteiger partial charge in [0.05, 0.1) is 29.7 Å². The Balaban J connectivity index is 3.56. The standard InChI is InChI=1S/C13H16F3NO4S/c1-4-17(22(3,19)20)11-8-9(13(14,15)16)6-7-10(11)12(18)21-5-2/h6-8H,4-5H2,1-3H3. The Morgan fingerprint density at radius 2 is 1.86 bits per heavy atom. The quantitative estimate of drug-likeness (QED) is 0.774. The molecule has 0 aromatic heterocycles. The normalized spacial score (nSPS) is 12.1. The van der Waals surface area contributed by atoms with E-state index >= 15 is 0 Å². The lowest BCUT2D eigenvalue weighted by molar-refractivity contribution is -0.137. The number of hydrogen-bond acceptors (Lipinski definition) is 4. The summed E-state index contributed by atoms with van der Waals surface area (Å²) in [5.41, 5.74) is -1.63. The SMILES string of the molecule is CCOC(=O)c1ccc(C(F)(F)F)cc1N(CC)S(C)(=O)=O. The fourth-order valence-corrected chi connectivity index (χ4v) is 2.86. The number of carbonyl (C=O) groups is 1. The molecule has 0 amide bonds. The number of hydrogen-bond donors (Lipinski definition) is 0. The Bertz CT molecular complexity index is 656. The van der Waals surface area contributed by atoms with Crippen molar-refractivity contribution in [2.75, 3.05) is 23.7 Å². The summed E-state index contributed by atoms with van der Waals surface area (Å²) in [5.74, 6) is -0.881. The molecule has 0 aliphatic rings. The van der Waals surface area contributed by atoms with E-state index in [4.69, 9.17) is 4.74 Å². The van der Waals surface area contributed by atoms with Crippen LogP contribution in [-0.4, -0.2) is 33.8 Å². The van der Waals surface area contributed by atoms with Gasteiger partial charge in [0.1, 0.15) is 0 Å². The maximum Gasteiger partial charge on any atom is 0.416 e. The van der Waals surface area contributed by atoms with Crippen molar-refractivity contribution >= 4 is 21.7 Å². The molecule has 0 unspecified atom stereocenters. The van der Waals surface area contributed by atoms with Crippen LogP contribution in [0.3, 0.4) is 0 Å². The van der Waals surface area contributed by atoms with Gasteiger partial charge >= 0.3 is 12.1 Å². The molecule has 22 heavy (non-hydrogen) atoms. The number of sulfonamides is 1. The Morgan fingerprint density at radius 1 is 1.27 bits per heavy atom. The summed E-state index contributed by atoms with van der Waals surface area (Å²) < 4.78 is 67.5. The van der Waals surface area contributed by atoms with Crippen LogP contribution in [0, 0.1) is 0 Å². The van der Waals surface area contributed by atoms with Gasteiger partial charge in [0.15, 0.2) is 0 Å². The highest BCUT2D eigenvalue weighted by molar-refractivity contribution is 7.92. The van der Waals surface area contributed by atoms with Gasteiger partial charge in [-0.2, -0.15) is 13.2 Å². The van der Waals surface area contributed by atoms with Crippen LogP contribution in [0.15, 0.2) is 18.2 Å². The van der Waals surface area contributed by atoms with Crippen molar-refractivity contribution in [1.82, 2.24) is 0 Å². The molecule has 0 spiro atoms. The summed E-state index contributed by atoms with van der Waals surface area (Å²) in [6, 6.07) is 2.27. The number of alkyl halides is 3. The van der Waals surface area contributed by atoms with Crippen molar-refractivity contribution in [3.63, 3.8) is 0 Å². The van der Waals surface area contributed by atoms with E-state index in [0.717, 1.165) is 16.6 Å². The molecule has 0 N–H and O–H groups in total. The Kier molecular flexibility index (Phi) is 5.44. The average molecular weight is 339 g/mol. The number of ether oxygens (including phenoxy) is 1. The largest absolute Gasteiger partial charge is 0.462 e. The molecule has 0 bridgehead atoms. The summed E-state index contributed by atoms with van der Waals surface area (Å²) in [6.07, 6.45) is -3.80. The van der Waals surface area contributed by atoms with E-state index in [-0.39, 0.29) is 24.4 Å². The first kappa shape index (κ1) is 18.3. The number of benzene rings is 1. The molecule has 0 atom stereocenters. The molecular weight excluding hydrogens is 323 g/mol. The lowest BCUT2D eigenvalue weighted by atomic mass is 10.1. The van der Waals surface area contributed by atoms with Gasteiger partial charge < -0.3 is 4.74 Å². The maximum atomic E-state index is 12.8. The Labute approximate surface area is 126 Å². The van der Waals surface area contributed by atoms with Gasteiger partial charge in [-0.25, -0.2) is 13.2 Å². The van der Waals surface area contributed by atoms with Gasteiger partial charge in [0.2, 0.25) is 10.0 Å². The lowest BCUT2D eigenvalue weighted by Gasteiger charge is -2.24. The first-order valence-corrected chi connectivity index (χ1v) is 8.23. The molecular formula is C13H16F3NO4S. The van der Waals surface area contributed by atoms with Crippen LogP contribution < -0.4 is 4.31 Å². The highest BCUT2D eigenvalue weighted by Crippen LogP contribution is 2.34. The number of halogens is 3. The van der Waals surface area contributed by atoms with Gasteiger partial charge in [0.25, 0.3) is 0 Å². The zero-order valence-corrected chi connectivity index (χ0v) is 13.1. The first-order valence-electron chi connectivity index (χ1n) is 6.38. The molecule has 0 radical (unpaired) electrons. The number of anilines is 1. The molecule has 5 nitrogen and oxygen atoms in total. The van der Waals surface area contributed by atoms with Crippen molar-refractivity contribution in [2.45, 2.75) is 20.0 Å². The molecule has 1 rings (SSSR count). The monoisotopic (exact) mass is 339 g/mol. The van der Waals surface area contributed by atoms with E-state index in [2.05, 4.69) is 0 Å². The van der Waals surface area contributed by atoms with E-state index in [9.17, 15) is 26.4 Å². The highest BCUT2D eigenvalue weighted by atomic mass is 32.2. The third-order valence-corrected chi connectivity index (χ3v) is 4.03. The van der Waals surface area contributed by atoms with Gasteiger partial charge in [-0.15, -0.1) is 0 Å². The molecule has 1 aromatic rings. The third kappa shape index (κ3) is 4.12. The predicted molar refractivity (Wildman–Crippen MR) is 75.3 cm³/mol. The molecule has 0 saturated heterocycles. The molecule has 124 valence electrons. The van der Waals surface area contributed by atoms with Gasteiger partial charge in [-0.3, -0.25) is 4.31 Å². The van der Waals surface area contributed by atoms with Gasteiger partial charge in [-0.05, 0) is 32.0 Å². The van der Waals surface area contributed by atoms with Crippen LogP contribution in [0.5, 0.6) is 0 Å². The van der Waals surface area contributed by atoms with Crippen molar-refractivity contribution in [3.8, 4) is 0 Å². The van der Waals surface area contributed by atoms with Gasteiger partial charge in [-0.1, -0.05) is 0 Å². The highest BCUT2D eigenvalue weighted by Gasteiger charge is 2.33. The summed E-state index contributed by atoms with van der Waals surface area (Å²) in [7, 11) is -3.84. The fourth-order valence-electron chi connectivity index (χ4n) is 1.88. The average Bonchev–Trinajstić information content (AvgIpc) is 2.37.